The first-order chi connectivity index (χ1) is 23.5. The van der Waals surface area contributed by atoms with E-state index in [4.69, 9.17) is 10.5 Å². The minimum atomic E-state index is -4.67. The molecule has 0 radical (unpaired) electrons. The van der Waals surface area contributed by atoms with Crippen LogP contribution < -0.4 is 16.6 Å². The van der Waals surface area contributed by atoms with Gasteiger partial charge in [0.2, 0.25) is 0 Å². The maximum Gasteiger partial charge on any atom is 0.408 e. The first-order valence-electron chi connectivity index (χ1n) is 15.7. The first kappa shape index (κ1) is 33.2. The lowest BCUT2D eigenvalue weighted by molar-refractivity contribution is -0.143. The van der Waals surface area contributed by atoms with E-state index in [1.165, 1.54) is 6.07 Å². The molecule has 0 saturated heterocycles. The highest BCUT2D eigenvalue weighted by Gasteiger charge is 2.30. The highest BCUT2D eigenvalue weighted by Crippen LogP contribution is 2.28. The third-order valence-electron chi connectivity index (χ3n) is 8.14. The third-order valence-corrected chi connectivity index (χ3v) is 8.14. The summed E-state index contributed by atoms with van der Waals surface area (Å²) in [4.78, 5) is 42.6. The van der Waals surface area contributed by atoms with Gasteiger partial charge in [0.05, 0.1) is 23.4 Å². The molecule has 4 heterocycles. The van der Waals surface area contributed by atoms with E-state index in [-0.39, 0.29) is 23.9 Å². The van der Waals surface area contributed by atoms with Crippen molar-refractivity contribution in [2.75, 3.05) is 11.9 Å². The standard InChI is InChI=1S/C34H33F3N8O4/c35-34(36,37)21-45-31(46)28(23-7-10-29-25(15-23)20-44(41-29)13-3-1-2-4-14-49-32(38)47)16-30(42-45)22-5-8-27(9-6-22)40-33(48)43-18-24-11-12-39-17-26(24)19-43/h5-12,15-17,20H,1-4,13-14,18-19,21H2,(H2,38,47)(H,40,48). The predicted octanol–water partition coefficient (Wildman–Crippen LogP) is 6.09. The number of urea groups is 1. The van der Waals surface area contributed by atoms with Gasteiger partial charge in [-0.25, -0.2) is 14.3 Å². The van der Waals surface area contributed by atoms with Gasteiger partial charge in [0.25, 0.3) is 5.56 Å². The number of pyridine rings is 1. The normalized spacial score (nSPS) is 12.7. The van der Waals surface area contributed by atoms with Crippen LogP contribution in [0.1, 0.15) is 36.8 Å². The van der Waals surface area contributed by atoms with Crippen molar-refractivity contribution in [3.8, 4) is 22.4 Å². The van der Waals surface area contributed by atoms with Crippen molar-refractivity contribution >= 4 is 28.7 Å². The topological polar surface area (TPSA) is 150 Å². The average molecular weight is 675 g/mol. The Balaban J connectivity index is 1.19. The Hall–Kier alpha value is -5.73. The van der Waals surface area contributed by atoms with E-state index < -0.39 is 24.4 Å². The van der Waals surface area contributed by atoms with Crippen LogP contribution >= 0.6 is 0 Å². The van der Waals surface area contributed by atoms with E-state index in [9.17, 15) is 27.6 Å². The molecule has 3 amide bonds. The molecule has 0 aliphatic carbocycles. The number of nitrogens with two attached hydrogens (primary N) is 1. The number of carbonyl (C=O) groups excluding carboxylic acids is 2. The van der Waals surface area contributed by atoms with E-state index >= 15 is 0 Å². The van der Waals surface area contributed by atoms with Crippen LogP contribution in [-0.4, -0.2) is 54.4 Å². The summed E-state index contributed by atoms with van der Waals surface area (Å²) in [6.07, 6.45) is 3.08. The number of hydrogen-bond acceptors (Lipinski definition) is 7. The number of anilines is 1. The van der Waals surface area contributed by atoms with Crippen molar-refractivity contribution in [1.29, 1.82) is 0 Å². The summed E-state index contributed by atoms with van der Waals surface area (Å²) in [5, 5.41) is 12.2. The molecule has 5 aromatic rings. The number of carbonyl (C=O) groups is 2. The maximum absolute atomic E-state index is 13.5. The lowest BCUT2D eigenvalue weighted by atomic mass is 10.0. The van der Waals surface area contributed by atoms with Gasteiger partial charge in [-0.2, -0.15) is 23.4 Å². The van der Waals surface area contributed by atoms with Crippen molar-refractivity contribution in [3.05, 3.63) is 94.7 Å². The maximum atomic E-state index is 13.5. The molecule has 12 nitrogen and oxygen atoms in total. The molecule has 0 unspecified atom stereocenters. The molecule has 3 N–H and O–H groups in total. The summed E-state index contributed by atoms with van der Waals surface area (Å²) in [6, 6.07) is 14.7. The van der Waals surface area contributed by atoms with Crippen molar-refractivity contribution in [2.24, 2.45) is 5.73 Å². The fourth-order valence-electron chi connectivity index (χ4n) is 5.72. The number of fused-ring (bicyclic) bond motifs is 2. The zero-order chi connectivity index (χ0) is 34.5. The molecule has 0 saturated carbocycles. The number of ether oxygens (including phenoxy) is 1. The Morgan fingerprint density at radius 2 is 1.67 bits per heavy atom. The number of unbranched alkanes of at least 4 members (excludes halogenated alkanes) is 3. The second kappa shape index (κ2) is 14.2. The molecule has 15 heteroatoms. The lowest BCUT2D eigenvalue weighted by Crippen LogP contribution is -2.31. The number of rotatable bonds is 11. The molecule has 3 aromatic heterocycles. The molecule has 1 aliphatic heterocycles. The third kappa shape index (κ3) is 8.23. The Bertz CT molecular complexity index is 2020. The van der Waals surface area contributed by atoms with Gasteiger partial charge in [-0.3, -0.25) is 14.5 Å². The zero-order valence-corrected chi connectivity index (χ0v) is 26.3. The summed E-state index contributed by atoms with van der Waals surface area (Å²) in [5.74, 6) is 0. The molecule has 1 aliphatic rings. The van der Waals surface area contributed by atoms with Gasteiger partial charge in [-0.1, -0.05) is 24.6 Å². The van der Waals surface area contributed by atoms with Crippen molar-refractivity contribution in [2.45, 2.75) is 58.0 Å². The SMILES string of the molecule is NC(=O)OCCCCCCn1cc2cc(-c3cc(-c4ccc(NC(=O)N5Cc6ccncc6C5)cc4)nn(CC(F)(F)F)c3=O)ccc2n1. The summed E-state index contributed by atoms with van der Waals surface area (Å²) < 4.78 is 47.5. The number of aryl methyl sites for hydroxylation is 1. The summed E-state index contributed by atoms with van der Waals surface area (Å²) in [5.41, 5.74) is 8.37. The van der Waals surface area contributed by atoms with E-state index in [1.54, 1.807) is 64.4 Å². The number of amides is 3. The number of benzene rings is 2. The number of primary amides is 1. The van der Waals surface area contributed by atoms with Gasteiger partial charge in [0.1, 0.15) is 6.54 Å². The Labute approximate surface area is 278 Å². The molecule has 49 heavy (non-hydrogen) atoms. The Morgan fingerprint density at radius 1 is 0.918 bits per heavy atom. The van der Waals surface area contributed by atoms with Gasteiger partial charge in [0.15, 0.2) is 0 Å². The number of aromatic nitrogens is 5. The van der Waals surface area contributed by atoms with Gasteiger partial charge < -0.3 is 20.7 Å². The van der Waals surface area contributed by atoms with Gasteiger partial charge in [-0.05, 0) is 72.4 Å². The van der Waals surface area contributed by atoms with Crippen LogP contribution in [-0.2, 0) is 30.9 Å². The second-order valence-corrected chi connectivity index (χ2v) is 11.8. The molecule has 0 atom stereocenters. The molecule has 254 valence electrons. The van der Waals surface area contributed by atoms with Crippen LogP contribution in [0.4, 0.5) is 28.4 Å². The quantitative estimate of drug-likeness (QED) is 0.161. The highest BCUT2D eigenvalue weighted by atomic mass is 19.4. The monoisotopic (exact) mass is 674 g/mol. The largest absolute Gasteiger partial charge is 0.450 e. The lowest BCUT2D eigenvalue weighted by Gasteiger charge is -2.17. The van der Waals surface area contributed by atoms with Crippen LogP contribution in [0.15, 0.2) is 78.0 Å². The Morgan fingerprint density at radius 3 is 2.43 bits per heavy atom. The van der Waals surface area contributed by atoms with Crippen LogP contribution in [0.3, 0.4) is 0 Å². The van der Waals surface area contributed by atoms with Crippen LogP contribution in [0, 0.1) is 0 Å². The van der Waals surface area contributed by atoms with Crippen molar-refractivity contribution in [1.82, 2.24) is 29.4 Å². The number of halogens is 3. The molecule has 2 aromatic carbocycles. The molecular weight excluding hydrogens is 641 g/mol. The van der Waals surface area contributed by atoms with E-state index in [1.807, 2.05) is 12.3 Å². The second-order valence-electron chi connectivity index (χ2n) is 11.8. The van der Waals surface area contributed by atoms with Crippen LogP contribution in [0.5, 0.6) is 0 Å². The average Bonchev–Trinajstić information content (AvgIpc) is 3.69. The van der Waals surface area contributed by atoms with Gasteiger partial charge >= 0.3 is 18.3 Å². The Kier molecular flexibility index (Phi) is 9.60. The van der Waals surface area contributed by atoms with Crippen molar-refractivity contribution in [3.63, 3.8) is 0 Å². The van der Waals surface area contributed by atoms with E-state index in [0.29, 0.717) is 53.1 Å². The number of hydrogen-bond donors (Lipinski definition) is 2. The number of nitrogens with zero attached hydrogens (tertiary/aromatic N) is 6. The molecule has 0 fully saturated rings. The molecule has 0 bridgehead atoms. The van der Waals surface area contributed by atoms with Gasteiger partial charge in [-0.15, -0.1) is 0 Å². The van der Waals surface area contributed by atoms with Gasteiger partial charge in [0, 0.05) is 54.9 Å². The minimum Gasteiger partial charge on any atom is -0.450 e. The fraction of sp³-hybridized carbons (Fsp3) is 0.294. The number of nitrogens with one attached hydrogen (secondary N) is 1. The highest BCUT2D eigenvalue weighted by molar-refractivity contribution is 5.90. The van der Waals surface area contributed by atoms with Crippen molar-refractivity contribution < 1.29 is 27.5 Å². The van der Waals surface area contributed by atoms with Crippen LogP contribution in [0.25, 0.3) is 33.3 Å². The van der Waals surface area contributed by atoms with E-state index in [0.717, 1.165) is 35.8 Å². The van der Waals surface area contributed by atoms with Crippen LogP contribution in [0.2, 0.25) is 0 Å². The summed E-state index contributed by atoms with van der Waals surface area (Å²) in [7, 11) is 0. The smallest absolute Gasteiger partial charge is 0.408 e. The summed E-state index contributed by atoms with van der Waals surface area (Å²) in [6.45, 7) is 0.256. The minimum absolute atomic E-state index is 0.0579. The first-order valence-corrected chi connectivity index (χ1v) is 15.7. The predicted molar refractivity (Wildman–Crippen MR) is 175 cm³/mol. The fourth-order valence-corrected chi connectivity index (χ4v) is 5.72. The molecular formula is C34H33F3N8O4. The number of alkyl halides is 3. The molecule has 6 rings (SSSR count). The van der Waals surface area contributed by atoms with E-state index in [2.05, 4.69) is 20.5 Å². The molecule has 0 spiro atoms. The zero-order valence-electron chi connectivity index (χ0n) is 26.3. The summed E-state index contributed by atoms with van der Waals surface area (Å²) >= 11 is 0.